The Labute approximate surface area is 167 Å². The monoisotopic (exact) mass is 390 g/mol. The Morgan fingerprint density at radius 2 is 2.00 bits per heavy atom. The molecule has 3 N–H and O–H groups in total. The van der Waals surface area contributed by atoms with Crippen molar-refractivity contribution in [3.8, 4) is 22.6 Å². The number of H-pyrrole nitrogens is 1. The van der Waals surface area contributed by atoms with Crippen molar-refractivity contribution < 1.29 is 5.11 Å². The molecule has 1 fully saturated rings. The van der Waals surface area contributed by atoms with Crippen LogP contribution in [0.3, 0.4) is 0 Å². The van der Waals surface area contributed by atoms with Crippen molar-refractivity contribution in [2.24, 2.45) is 0 Å². The first-order valence-electron chi connectivity index (χ1n) is 9.73. The molecule has 0 atom stereocenters. The topological polar surface area (TPSA) is 108 Å². The number of hydrogen-bond acceptors (Lipinski definition) is 7. The summed E-state index contributed by atoms with van der Waals surface area (Å²) >= 11 is 0. The number of anilines is 1. The van der Waals surface area contributed by atoms with Gasteiger partial charge in [-0.05, 0) is 18.2 Å². The van der Waals surface area contributed by atoms with Crippen molar-refractivity contribution in [3.05, 3.63) is 42.9 Å². The van der Waals surface area contributed by atoms with Crippen LogP contribution >= 0.6 is 0 Å². The van der Waals surface area contributed by atoms with Crippen LogP contribution in [0.25, 0.3) is 33.5 Å². The fourth-order valence-corrected chi connectivity index (χ4v) is 3.62. The molecule has 5 heterocycles. The molecular weight excluding hydrogens is 368 g/mol. The lowest BCUT2D eigenvalue weighted by molar-refractivity contribution is 0.269. The first-order chi connectivity index (χ1) is 14.3. The predicted molar refractivity (Wildman–Crippen MR) is 111 cm³/mol. The minimum absolute atomic E-state index is 0.0502. The molecule has 9 heteroatoms. The molecule has 0 amide bonds. The number of aliphatic hydroxyl groups is 1. The highest BCUT2D eigenvalue weighted by Gasteiger charge is 2.16. The van der Waals surface area contributed by atoms with Gasteiger partial charge in [0.15, 0.2) is 0 Å². The van der Waals surface area contributed by atoms with Crippen LogP contribution in [-0.4, -0.2) is 67.8 Å². The summed E-state index contributed by atoms with van der Waals surface area (Å²) < 4.78 is 1.70. The summed E-state index contributed by atoms with van der Waals surface area (Å²) in [6.07, 6.45) is 5.42. The molecule has 9 nitrogen and oxygen atoms in total. The standard InChI is InChI=1S/C20H22N8O/c29-9-8-28-13-14(11-23-28)17-10-15-18(12-22-17)25-26-20(15)16-2-1-3-19(24-16)27-6-4-21-5-7-27/h1-3,10-13,21,29H,4-9H2,(H,25,26). The third kappa shape index (κ3) is 3.45. The maximum atomic E-state index is 9.09. The minimum Gasteiger partial charge on any atom is -0.394 e. The van der Waals surface area contributed by atoms with E-state index in [1.807, 2.05) is 30.5 Å². The first-order valence-corrected chi connectivity index (χ1v) is 9.73. The molecular formula is C20H22N8O. The number of aromatic nitrogens is 6. The SMILES string of the molecule is OCCn1cc(-c2cc3c(-c4cccc(N5CCNCC5)n4)n[nH]c3cn2)cn1. The summed E-state index contributed by atoms with van der Waals surface area (Å²) in [5.74, 6) is 0.972. The van der Waals surface area contributed by atoms with E-state index in [0.717, 1.165) is 65.5 Å². The van der Waals surface area contributed by atoms with Gasteiger partial charge in [0.25, 0.3) is 0 Å². The highest BCUT2D eigenvalue weighted by Crippen LogP contribution is 2.29. The number of pyridine rings is 2. The number of rotatable bonds is 5. The molecule has 4 aromatic rings. The van der Waals surface area contributed by atoms with Gasteiger partial charge < -0.3 is 15.3 Å². The fourth-order valence-electron chi connectivity index (χ4n) is 3.62. The van der Waals surface area contributed by atoms with E-state index in [9.17, 15) is 0 Å². The van der Waals surface area contributed by atoms with Crippen molar-refractivity contribution in [1.82, 2.24) is 35.3 Å². The number of aromatic amines is 1. The van der Waals surface area contributed by atoms with Crippen LogP contribution < -0.4 is 10.2 Å². The molecule has 5 rings (SSSR count). The summed E-state index contributed by atoms with van der Waals surface area (Å²) in [5.41, 5.74) is 4.21. The molecule has 29 heavy (non-hydrogen) atoms. The van der Waals surface area contributed by atoms with Gasteiger partial charge in [-0.2, -0.15) is 10.2 Å². The van der Waals surface area contributed by atoms with Gasteiger partial charge in [-0.15, -0.1) is 0 Å². The molecule has 0 unspecified atom stereocenters. The normalized spacial score (nSPS) is 14.6. The lowest BCUT2D eigenvalue weighted by Gasteiger charge is -2.28. The quantitative estimate of drug-likeness (QED) is 0.471. The maximum Gasteiger partial charge on any atom is 0.129 e. The summed E-state index contributed by atoms with van der Waals surface area (Å²) in [6, 6.07) is 8.07. The number of piperazine rings is 1. The van der Waals surface area contributed by atoms with Gasteiger partial charge in [-0.25, -0.2) is 4.98 Å². The number of hydrogen-bond donors (Lipinski definition) is 3. The Balaban J connectivity index is 1.52. The molecule has 0 aromatic carbocycles. The molecule has 1 saturated heterocycles. The first kappa shape index (κ1) is 17.8. The Morgan fingerprint density at radius 3 is 2.86 bits per heavy atom. The van der Waals surface area contributed by atoms with Crippen LogP contribution in [0.1, 0.15) is 0 Å². The van der Waals surface area contributed by atoms with E-state index in [2.05, 4.69) is 30.5 Å². The highest BCUT2D eigenvalue weighted by molar-refractivity contribution is 5.93. The Hall–Kier alpha value is -3.30. The number of nitrogens with one attached hydrogen (secondary N) is 2. The summed E-state index contributed by atoms with van der Waals surface area (Å²) in [7, 11) is 0. The third-order valence-corrected chi connectivity index (χ3v) is 5.12. The van der Waals surface area contributed by atoms with Crippen LogP contribution in [-0.2, 0) is 6.54 Å². The second-order valence-corrected chi connectivity index (χ2v) is 7.02. The van der Waals surface area contributed by atoms with E-state index < -0.39 is 0 Å². The molecule has 0 radical (unpaired) electrons. The molecule has 0 bridgehead atoms. The van der Waals surface area contributed by atoms with Gasteiger partial charge >= 0.3 is 0 Å². The largest absolute Gasteiger partial charge is 0.394 e. The van der Waals surface area contributed by atoms with E-state index >= 15 is 0 Å². The van der Waals surface area contributed by atoms with E-state index in [1.54, 1.807) is 17.1 Å². The minimum atomic E-state index is 0.0502. The number of aliphatic hydroxyl groups excluding tert-OH is 1. The zero-order chi connectivity index (χ0) is 19.6. The molecule has 0 spiro atoms. The second-order valence-electron chi connectivity index (χ2n) is 7.02. The zero-order valence-electron chi connectivity index (χ0n) is 15.9. The molecule has 4 aromatic heterocycles. The van der Waals surface area contributed by atoms with Gasteiger partial charge in [0.1, 0.15) is 11.5 Å². The lowest BCUT2D eigenvalue weighted by atomic mass is 10.1. The summed E-state index contributed by atoms with van der Waals surface area (Å²) in [5, 5.41) is 25.3. The van der Waals surface area contributed by atoms with Crippen LogP contribution in [0, 0.1) is 0 Å². The lowest BCUT2D eigenvalue weighted by Crippen LogP contribution is -2.43. The van der Waals surface area contributed by atoms with Crippen LogP contribution in [0.5, 0.6) is 0 Å². The number of fused-ring (bicyclic) bond motifs is 1. The van der Waals surface area contributed by atoms with Crippen molar-refractivity contribution in [2.75, 3.05) is 37.7 Å². The molecule has 0 aliphatic carbocycles. The molecule has 1 aliphatic heterocycles. The number of nitrogens with zero attached hydrogens (tertiary/aromatic N) is 6. The average molecular weight is 390 g/mol. The van der Waals surface area contributed by atoms with E-state index in [1.165, 1.54) is 0 Å². The molecule has 0 saturated carbocycles. The summed E-state index contributed by atoms with van der Waals surface area (Å²) in [6.45, 7) is 4.34. The van der Waals surface area contributed by atoms with Crippen molar-refractivity contribution in [1.29, 1.82) is 0 Å². The molecule has 1 aliphatic rings. The van der Waals surface area contributed by atoms with E-state index in [0.29, 0.717) is 6.54 Å². The van der Waals surface area contributed by atoms with Gasteiger partial charge in [-0.3, -0.25) is 14.8 Å². The van der Waals surface area contributed by atoms with Gasteiger partial charge in [0.2, 0.25) is 0 Å². The maximum absolute atomic E-state index is 9.09. The summed E-state index contributed by atoms with van der Waals surface area (Å²) in [4.78, 5) is 11.7. The van der Waals surface area contributed by atoms with E-state index in [-0.39, 0.29) is 6.61 Å². The van der Waals surface area contributed by atoms with Gasteiger partial charge in [0, 0.05) is 43.3 Å². The van der Waals surface area contributed by atoms with Crippen LogP contribution in [0.4, 0.5) is 5.82 Å². The Morgan fingerprint density at radius 1 is 1.10 bits per heavy atom. The molecule has 148 valence electrons. The Kier molecular flexibility index (Phi) is 4.66. The predicted octanol–water partition coefficient (Wildman–Crippen LogP) is 1.29. The van der Waals surface area contributed by atoms with Gasteiger partial charge in [0.05, 0.1) is 42.4 Å². The highest BCUT2D eigenvalue weighted by atomic mass is 16.3. The zero-order valence-corrected chi connectivity index (χ0v) is 15.9. The second kappa shape index (κ2) is 7.61. The Bertz CT molecular complexity index is 1130. The van der Waals surface area contributed by atoms with Gasteiger partial charge in [-0.1, -0.05) is 6.07 Å². The van der Waals surface area contributed by atoms with Crippen LogP contribution in [0.15, 0.2) is 42.9 Å². The van der Waals surface area contributed by atoms with Crippen LogP contribution in [0.2, 0.25) is 0 Å². The van der Waals surface area contributed by atoms with Crippen molar-refractivity contribution in [3.63, 3.8) is 0 Å². The van der Waals surface area contributed by atoms with Crippen molar-refractivity contribution in [2.45, 2.75) is 6.54 Å². The fraction of sp³-hybridized carbons (Fsp3) is 0.300. The third-order valence-electron chi connectivity index (χ3n) is 5.12. The van der Waals surface area contributed by atoms with E-state index in [4.69, 9.17) is 10.1 Å². The average Bonchev–Trinajstić information content (AvgIpc) is 3.41. The van der Waals surface area contributed by atoms with Crippen molar-refractivity contribution >= 4 is 16.7 Å². The smallest absolute Gasteiger partial charge is 0.129 e.